The fraction of sp³-hybridized carbons (Fsp3) is 0.884. The van der Waals surface area contributed by atoms with E-state index in [0.717, 1.165) is 44.9 Å². The molecule has 3 N–H and O–H groups in total. The summed E-state index contributed by atoms with van der Waals surface area (Å²) < 4.78 is 22.3. The number of nitrogens with zero attached hydrogens (tertiary/aromatic N) is 2. The number of rotatable bonds is 31. The molecular formula is C43H80N4O9. The quantitative estimate of drug-likeness (QED) is 0.0389. The van der Waals surface area contributed by atoms with Crippen molar-refractivity contribution in [2.45, 2.75) is 145 Å². The highest BCUT2D eigenvalue weighted by atomic mass is 16.5. The molecule has 0 unspecified atom stereocenters. The van der Waals surface area contributed by atoms with E-state index in [0.29, 0.717) is 70.9 Å². The zero-order chi connectivity index (χ0) is 41.9. The average Bonchev–Trinajstić information content (AvgIpc) is 3.42. The number of unbranched alkanes of at least 4 members (excludes halogenated alkanes) is 2. The molecule has 326 valence electrons. The number of nitrogens with one attached hydrogen (secondary N) is 1. The number of nitrogens with two attached hydrogens (primary N) is 1. The molecule has 13 heteroatoms. The Morgan fingerprint density at radius 2 is 1.12 bits per heavy atom. The van der Waals surface area contributed by atoms with Gasteiger partial charge in [0.1, 0.15) is 0 Å². The third-order valence-electron chi connectivity index (χ3n) is 9.55. The molecular weight excluding hydrogens is 716 g/mol. The summed E-state index contributed by atoms with van der Waals surface area (Å²) in [7, 11) is 0. The van der Waals surface area contributed by atoms with Crippen LogP contribution in [0.25, 0.3) is 0 Å². The van der Waals surface area contributed by atoms with Crippen LogP contribution < -0.4 is 11.1 Å². The van der Waals surface area contributed by atoms with Crippen LogP contribution in [0.2, 0.25) is 0 Å². The highest BCUT2D eigenvalue weighted by Gasteiger charge is 2.33. The van der Waals surface area contributed by atoms with E-state index >= 15 is 0 Å². The van der Waals surface area contributed by atoms with Gasteiger partial charge in [0.05, 0.1) is 58.1 Å². The van der Waals surface area contributed by atoms with Gasteiger partial charge in [0, 0.05) is 19.1 Å². The van der Waals surface area contributed by atoms with Crippen molar-refractivity contribution in [3.05, 3.63) is 0 Å². The largest absolute Gasteiger partial charge is 0.464 e. The first-order valence-electron chi connectivity index (χ1n) is 21.7. The minimum atomic E-state index is -0.761. The van der Waals surface area contributed by atoms with Crippen LogP contribution in [0.4, 0.5) is 0 Å². The molecule has 0 aromatic carbocycles. The Morgan fingerprint density at radius 3 is 1.62 bits per heavy atom. The number of hydrogen-bond acceptors (Lipinski definition) is 12. The van der Waals surface area contributed by atoms with Gasteiger partial charge in [-0.25, -0.2) is 0 Å². The summed E-state index contributed by atoms with van der Waals surface area (Å²) in [4.78, 5) is 70.7. The number of amides is 1. The van der Waals surface area contributed by atoms with E-state index in [2.05, 4.69) is 19.2 Å². The number of carbonyl (C=O) groups is 5. The molecule has 13 nitrogen and oxygen atoms in total. The lowest BCUT2D eigenvalue weighted by Gasteiger charge is -2.32. The van der Waals surface area contributed by atoms with Gasteiger partial charge < -0.3 is 30.0 Å². The smallest absolute Gasteiger partial charge is 0.320 e. The van der Waals surface area contributed by atoms with Crippen LogP contribution in [-0.4, -0.2) is 124 Å². The van der Waals surface area contributed by atoms with Crippen molar-refractivity contribution >= 4 is 29.6 Å². The average molecular weight is 797 g/mol. The summed E-state index contributed by atoms with van der Waals surface area (Å²) in [6.45, 7) is 18.5. The van der Waals surface area contributed by atoms with Crippen molar-refractivity contribution in [3.8, 4) is 0 Å². The van der Waals surface area contributed by atoms with Gasteiger partial charge in [-0.3, -0.25) is 33.8 Å². The number of ether oxygens (including phenoxy) is 4. The molecule has 56 heavy (non-hydrogen) atoms. The predicted octanol–water partition coefficient (Wildman–Crippen LogP) is 5.55. The minimum absolute atomic E-state index is 0.0673. The second-order valence-corrected chi connectivity index (χ2v) is 17.3. The molecule has 1 fully saturated rings. The highest BCUT2D eigenvalue weighted by molar-refractivity contribution is 5.92. The summed E-state index contributed by atoms with van der Waals surface area (Å²) in [5.41, 5.74) is 5.82. The second-order valence-electron chi connectivity index (χ2n) is 17.3. The molecule has 0 aromatic heterocycles. The molecule has 1 amide bonds. The van der Waals surface area contributed by atoms with Crippen LogP contribution in [0.1, 0.15) is 132 Å². The van der Waals surface area contributed by atoms with Crippen molar-refractivity contribution in [1.82, 2.24) is 15.1 Å². The van der Waals surface area contributed by atoms with E-state index in [4.69, 9.17) is 24.7 Å². The Morgan fingerprint density at radius 1 is 0.625 bits per heavy atom. The molecule has 0 aliphatic heterocycles. The molecule has 0 bridgehead atoms. The lowest BCUT2D eigenvalue weighted by atomic mass is 9.88. The standard InChI is InChI=1S/C43H80N4O9/c1-32(2)28-53-24-23-47(27-41(50)56-31-35(7)8)38(43(52)45-37(19-13-15-21-44)42(51)36-17-11-9-10-12-18-36)20-14-16-22-46(25-39(48)54-29-33(3)4)26-40(49)55-30-34(5)6/h32-38H,9-31,44H2,1-8H3,(H,45,52)/t37-,38-/m0/s1. The SMILES string of the molecule is CC(C)COCCN(CC(=O)OCC(C)C)[C@@H](CCCCN(CC(=O)OCC(C)C)CC(=O)OCC(C)C)C(=O)N[C@@H](CCCCN)C(=O)C1CCCCCC1. The molecule has 2 atom stereocenters. The Balaban J connectivity index is 3.34. The van der Waals surface area contributed by atoms with Gasteiger partial charge in [-0.2, -0.15) is 0 Å². The number of hydrogen-bond donors (Lipinski definition) is 2. The van der Waals surface area contributed by atoms with Crippen molar-refractivity contribution in [2.24, 2.45) is 35.3 Å². The fourth-order valence-electron chi connectivity index (χ4n) is 6.55. The van der Waals surface area contributed by atoms with Gasteiger partial charge in [0.2, 0.25) is 5.91 Å². The first-order chi connectivity index (χ1) is 26.6. The molecule has 1 rings (SSSR count). The molecule has 0 heterocycles. The summed E-state index contributed by atoms with van der Waals surface area (Å²) in [5, 5.41) is 3.16. The topological polar surface area (TPSA) is 167 Å². The third-order valence-corrected chi connectivity index (χ3v) is 9.55. The lowest BCUT2D eigenvalue weighted by Crippen LogP contribution is -2.54. The second kappa shape index (κ2) is 30.5. The van der Waals surface area contributed by atoms with Gasteiger partial charge in [-0.05, 0) is 81.7 Å². The lowest BCUT2D eigenvalue weighted by molar-refractivity contribution is -0.150. The minimum Gasteiger partial charge on any atom is -0.464 e. The fourth-order valence-corrected chi connectivity index (χ4v) is 6.55. The van der Waals surface area contributed by atoms with Crippen molar-refractivity contribution < 1.29 is 42.9 Å². The number of Topliss-reactive ketones (excluding diaryl/α,β-unsaturated/α-hetero) is 1. The predicted molar refractivity (Wildman–Crippen MR) is 220 cm³/mol. The summed E-state index contributed by atoms with van der Waals surface area (Å²) in [6.07, 6.45) is 9.34. The van der Waals surface area contributed by atoms with Crippen molar-refractivity contribution in [2.75, 3.05) is 72.3 Å². The molecule has 1 saturated carbocycles. The Kier molecular flexibility index (Phi) is 28.0. The van der Waals surface area contributed by atoms with Gasteiger partial charge in [-0.1, -0.05) is 87.5 Å². The Hall–Kier alpha value is -2.61. The number of ketones is 1. The van der Waals surface area contributed by atoms with E-state index < -0.39 is 30.0 Å². The van der Waals surface area contributed by atoms with Gasteiger partial charge in [0.15, 0.2) is 5.78 Å². The maximum absolute atomic E-state index is 14.5. The molecule has 1 aliphatic carbocycles. The third kappa shape index (κ3) is 24.9. The van der Waals surface area contributed by atoms with Gasteiger partial charge in [0.25, 0.3) is 0 Å². The highest BCUT2D eigenvalue weighted by Crippen LogP contribution is 2.26. The van der Waals surface area contributed by atoms with Crippen molar-refractivity contribution in [1.29, 1.82) is 0 Å². The monoisotopic (exact) mass is 797 g/mol. The molecule has 1 aliphatic rings. The van der Waals surface area contributed by atoms with Crippen LogP contribution in [0.15, 0.2) is 0 Å². The van der Waals surface area contributed by atoms with E-state index in [1.165, 1.54) is 0 Å². The van der Waals surface area contributed by atoms with Crippen molar-refractivity contribution in [3.63, 3.8) is 0 Å². The van der Waals surface area contributed by atoms with Crippen LogP contribution in [0, 0.1) is 29.6 Å². The Bertz CT molecular complexity index is 1080. The molecule has 0 saturated heterocycles. The van der Waals surface area contributed by atoms with E-state index in [9.17, 15) is 24.0 Å². The molecule has 0 spiro atoms. The number of carbonyl (C=O) groups excluding carboxylic acids is 5. The van der Waals surface area contributed by atoms with E-state index in [-0.39, 0.29) is 74.8 Å². The van der Waals surface area contributed by atoms with E-state index in [1.54, 1.807) is 4.90 Å². The maximum atomic E-state index is 14.5. The van der Waals surface area contributed by atoms with Crippen LogP contribution in [0.5, 0.6) is 0 Å². The summed E-state index contributed by atoms with van der Waals surface area (Å²) in [6, 6.07) is -1.40. The molecule has 0 radical (unpaired) electrons. The summed E-state index contributed by atoms with van der Waals surface area (Å²) in [5.74, 6) is -0.754. The Labute approximate surface area is 339 Å². The zero-order valence-electron chi connectivity index (χ0n) is 36.5. The van der Waals surface area contributed by atoms with Gasteiger partial charge in [-0.15, -0.1) is 0 Å². The first kappa shape index (κ1) is 51.4. The first-order valence-corrected chi connectivity index (χ1v) is 21.7. The molecule has 0 aromatic rings. The van der Waals surface area contributed by atoms with Crippen LogP contribution >= 0.6 is 0 Å². The number of esters is 3. The summed E-state index contributed by atoms with van der Waals surface area (Å²) >= 11 is 0. The maximum Gasteiger partial charge on any atom is 0.320 e. The zero-order valence-corrected chi connectivity index (χ0v) is 36.5. The van der Waals surface area contributed by atoms with Crippen LogP contribution in [0.3, 0.4) is 0 Å². The van der Waals surface area contributed by atoms with Gasteiger partial charge >= 0.3 is 17.9 Å². The normalized spacial score (nSPS) is 15.1. The van der Waals surface area contributed by atoms with Crippen LogP contribution in [-0.2, 0) is 42.9 Å². The van der Waals surface area contributed by atoms with E-state index in [1.807, 2.05) is 46.4 Å².